The molecular weight excluding hydrogens is 448 g/mol. The van der Waals surface area contributed by atoms with E-state index in [0.717, 1.165) is 0 Å². The first kappa shape index (κ1) is 26.3. The number of benzene rings is 1. The zero-order chi connectivity index (χ0) is 25.1. The van der Waals surface area contributed by atoms with Gasteiger partial charge in [-0.2, -0.15) is 5.10 Å². The average molecular weight is 481 g/mol. The molecule has 33 heavy (non-hydrogen) atoms. The number of nitrogens with zero attached hydrogens (tertiary/aromatic N) is 2. The van der Waals surface area contributed by atoms with Crippen LogP contribution in [0.2, 0.25) is 0 Å². The van der Waals surface area contributed by atoms with Crippen LogP contribution in [-0.4, -0.2) is 41.2 Å². The molecule has 182 valence electrons. The largest absolute Gasteiger partial charge is 0.476 e. The van der Waals surface area contributed by atoms with E-state index in [1.807, 2.05) is 13.8 Å². The lowest BCUT2D eigenvalue weighted by molar-refractivity contribution is -0.116. The van der Waals surface area contributed by atoms with Gasteiger partial charge in [0.05, 0.1) is 6.04 Å². The summed E-state index contributed by atoms with van der Waals surface area (Å²) in [7, 11) is -4.02. The number of amides is 1. The van der Waals surface area contributed by atoms with Crippen LogP contribution in [-0.2, 0) is 14.8 Å². The second kappa shape index (κ2) is 10.3. The molecule has 0 unspecified atom stereocenters. The number of nitrogens with one attached hydrogen (secondary N) is 2. The molecule has 10 nitrogen and oxygen atoms in total. The number of carbonyl (C=O) groups is 2. The summed E-state index contributed by atoms with van der Waals surface area (Å²) in [5.41, 5.74) is 0.393. The molecule has 1 aromatic carbocycles. The van der Waals surface area contributed by atoms with E-state index in [0.29, 0.717) is 5.69 Å². The SMILES string of the molecule is Cc1c(C(=O)O)nn(C(C)C)c1Oc1ccc(NC(=O)CC(C)C)cc1S(=O)(=O)NC(C)C. The summed E-state index contributed by atoms with van der Waals surface area (Å²) in [6.45, 7) is 12.3. The highest BCUT2D eigenvalue weighted by Gasteiger charge is 2.27. The molecule has 0 atom stereocenters. The van der Waals surface area contributed by atoms with Crippen molar-refractivity contribution in [1.29, 1.82) is 0 Å². The maximum absolute atomic E-state index is 13.1. The van der Waals surface area contributed by atoms with Crippen LogP contribution in [0.5, 0.6) is 11.6 Å². The Morgan fingerprint density at radius 3 is 2.30 bits per heavy atom. The monoisotopic (exact) mass is 480 g/mol. The maximum Gasteiger partial charge on any atom is 0.356 e. The van der Waals surface area contributed by atoms with Gasteiger partial charge in [-0.1, -0.05) is 13.8 Å². The van der Waals surface area contributed by atoms with Gasteiger partial charge < -0.3 is 15.2 Å². The summed E-state index contributed by atoms with van der Waals surface area (Å²) in [6, 6.07) is 3.66. The van der Waals surface area contributed by atoms with Crippen LogP contribution in [0.25, 0.3) is 0 Å². The van der Waals surface area contributed by atoms with Gasteiger partial charge in [0.1, 0.15) is 10.6 Å². The minimum Gasteiger partial charge on any atom is -0.476 e. The summed E-state index contributed by atoms with van der Waals surface area (Å²) >= 11 is 0. The molecule has 0 saturated heterocycles. The van der Waals surface area contributed by atoms with Gasteiger partial charge in [-0.3, -0.25) is 4.79 Å². The van der Waals surface area contributed by atoms with E-state index in [2.05, 4.69) is 15.1 Å². The van der Waals surface area contributed by atoms with E-state index < -0.39 is 16.0 Å². The Bertz CT molecular complexity index is 1140. The lowest BCUT2D eigenvalue weighted by atomic mass is 10.1. The van der Waals surface area contributed by atoms with E-state index in [9.17, 15) is 23.1 Å². The smallest absolute Gasteiger partial charge is 0.356 e. The Hall–Kier alpha value is -2.92. The number of carbonyl (C=O) groups excluding carboxylic acids is 1. The fraction of sp³-hybridized carbons (Fsp3) is 0.500. The first-order chi connectivity index (χ1) is 15.2. The number of hydrogen-bond donors (Lipinski definition) is 3. The molecule has 3 N–H and O–H groups in total. The number of ether oxygens (including phenoxy) is 1. The normalized spacial score (nSPS) is 11.9. The fourth-order valence-corrected chi connectivity index (χ4v) is 4.52. The molecule has 11 heteroatoms. The Morgan fingerprint density at radius 2 is 1.79 bits per heavy atom. The lowest BCUT2D eigenvalue weighted by Crippen LogP contribution is -2.30. The van der Waals surface area contributed by atoms with Gasteiger partial charge in [0.25, 0.3) is 0 Å². The third-order valence-electron chi connectivity index (χ3n) is 4.49. The minimum absolute atomic E-state index is 0.0214. The molecule has 1 heterocycles. The molecule has 1 amide bonds. The van der Waals surface area contributed by atoms with Gasteiger partial charge in [0.2, 0.25) is 21.8 Å². The molecule has 2 aromatic rings. The number of rotatable bonds is 10. The summed E-state index contributed by atoms with van der Waals surface area (Å²) in [5, 5.41) is 16.2. The number of hydrogen-bond acceptors (Lipinski definition) is 6. The molecule has 0 fully saturated rings. The van der Waals surface area contributed by atoms with Crippen LogP contribution >= 0.6 is 0 Å². The maximum atomic E-state index is 13.1. The predicted octanol–water partition coefficient (Wildman–Crippen LogP) is 3.93. The summed E-state index contributed by atoms with van der Waals surface area (Å²) in [6.07, 6.45) is 0.287. The molecule has 0 aliphatic heterocycles. The molecule has 0 bridgehead atoms. The van der Waals surface area contributed by atoms with Crippen molar-refractivity contribution >= 4 is 27.6 Å². The number of carboxylic acids is 1. The van der Waals surface area contributed by atoms with E-state index in [1.165, 1.54) is 22.9 Å². The predicted molar refractivity (Wildman–Crippen MR) is 124 cm³/mol. The molecular formula is C22H32N4O6S. The van der Waals surface area contributed by atoms with Crippen molar-refractivity contribution in [2.75, 3.05) is 5.32 Å². The summed E-state index contributed by atoms with van der Waals surface area (Å²) in [5.74, 6) is -1.21. The van der Waals surface area contributed by atoms with E-state index in [1.54, 1.807) is 34.6 Å². The minimum atomic E-state index is -4.02. The highest BCUT2D eigenvalue weighted by Crippen LogP contribution is 2.35. The molecule has 2 rings (SSSR count). The van der Waals surface area contributed by atoms with Crippen LogP contribution in [0.4, 0.5) is 5.69 Å². The quantitative estimate of drug-likeness (QED) is 0.468. The summed E-state index contributed by atoms with van der Waals surface area (Å²) in [4.78, 5) is 23.6. The second-order valence-corrected chi connectivity index (χ2v) is 10.5. The van der Waals surface area contributed by atoms with Crippen molar-refractivity contribution in [3.8, 4) is 11.6 Å². The first-order valence-electron chi connectivity index (χ1n) is 10.7. The topological polar surface area (TPSA) is 140 Å². The van der Waals surface area contributed by atoms with Crippen molar-refractivity contribution in [3.05, 3.63) is 29.5 Å². The van der Waals surface area contributed by atoms with Gasteiger partial charge in [0.15, 0.2) is 5.69 Å². The van der Waals surface area contributed by atoms with Crippen LogP contribution in [0.1, 0.15) is 70.1 Å². The van der Waals surface area contributed by atoms with Crippen molar-refractivity contribution in [2.45, 2.75) is 71.9 Å². The molecule has 0 saturated carbocycles. The van der Waals surface area contributed by atoms with Gasteiger partial charge in [-0.15, -0.1) is 0 Å². The third kappa shape index (κ3) is 6.55. The lowest BCUT2D eigenvalue weighted by Gasteiger charge is -2.18. The zero-order valence-electron chi connectivity index (χ0n) is 20.0. The van der Waals surface area contributed by atoms with Gasteiger partial charge in [-0.25, -0.2) is 22.6 Å². The molecule has 0 spiro atoms. The molecule has 1 aromatic heterocycles. The van der Waals surface area contributed by atoms with Crippen LogP contribution in [0.15, 0.2) is 23.1 Å². The second-order valence-electron chi connectivity index (χ2n) is 8.81. The fourth-order valence-electron chi connectivity index (χ4n) is 3.12. The van der Waals surface area contributed by atoms with Crippen LogP contribution in [0, 0.1) is 12.8 Å². The van der Waals surface area contributed by atoms with Crippen molar-refractivity contribution in [3.63, 3.8) is 0 Å². The molecule has 0 aliphatic rings. The van der Waals surface area contributed by atoms with Gasteiger partial charge >= 0.3 is 5.97 Å². The summed E-state index contributed by atoms with van der Waals surface area (Å²) < 4.78 is 36.0. The van der Waals surface area contributed by atoms with E-state index >= 15 is 0 Å². The number of sulfonamides is 1. The van der Waals surface area contributed by atoms with Gasteiger partial charge in [-0.05, 0) is 58.7 Å². The third-order valence-corrected chi connectivity index (χ3v) is 6.17. The van der Waals surface area contributed by atoms with Crippen molar-refractivity contribution in [2.24, 2.45) is 5.92 Å². The number of carboxylic acid groups (broad SMARTS) is 1. The molecule has 0 radical (unpaired) electrons. The zero-order valence-corrected chi connectivity index (χ0v) is 20.8. The average Bonchev–Trinajstić information content (AvgIpc) is 2.98. The Morgan fingerprint density at radius 1 is 1.15 bits per heavy atom. The van der Waals surface area contributed by atoms with E-state index in [4.69, 9.17) is 4.74 Å². The standard InChI is InChI=1S/C22H32N4O6S/c1-12(2)10-19(27)23-16-8-9-17(18(11-16)33(30,31)25-13(3)4)32-21-15(7)20(22(28)29)24-26(21)14(5)6/h8-9,11-14,25H,10H2,1-7H3,(H,23,27)(H,28,29). The number of anilines is 1. The van der Waals surface area contributed by atoms with E-state index in [-0.39, 0.29) is 58.1 Å². The highest BCUT2D eigenvalue weighted by molar-refractivity contribution is 7.89. The van der Waals surface area contributed by atoms with Crippen molar-refractivity contribution < 1.29 is 27.9 Å². The van der Waals surface area contributed by atoms with Crippen molar-refractivity contribution in [1.82, 2.24) is 14.5 Å². The number of aromatic nitrogens is 2. The van der Waals surface area contributed by atoms with Crippen LogP contribution < -0.4 is 14.8 Å². The Balaban J connectivity index is 2.59. The van der Waals surface area contributed by atoms with Gasteiger partial charge in [0, 0.05) is 23.7 Å². The highest BCUT2D eigenvalue weighted by atomic mass is 32.2. The number of aromatic carboxylic acids is 1. The Kier molecular flexibility index (Phi) is 8.25. The Labute approximate surface area is 194 Å². The van der Waals surface area contributed by atoms with Crippen LogP contribution in [0.3, 0.4) is 0 Å². The molecule has 0 aliphatic carbocycles. The first-order valence-corrected chi connectivity index (χ1v) is 12.2.